The number of carbonyl (C=O) groups is 1. The van der Waals surface area contributed by atoms with Gasteiger partial charge in [0.2, 0.25) is 5.91 Å². The van der Waals surface area contributed by atoms with Gasteiger partial charge in [-0.2, -0.15) is 0 Å². The third-order valence-corrected chi connectivity index (χ3v) is 4.42. The first-order valence-corrected chi connectivity index (χ1v) is 8.29. The molecule has 2 rings (SSSR count). The van der Waals surface area contributed by atoms with Crippen LogP contribution in [0.5, 0.6) is 0 Å². The Morgan fingerprint density at radius 1 is 1.05 bits per heavy atom. The molecule has 3 nitrogen and oxygen atoms in total. The van der Waals surface area contributed by atoms with E-state index in [-0.39, 0.29) is 12.5 Å². The summed E-state index contributed by atoms with van der Waals surface area (Å²) in [5.41, 5.74) is 1.89. The molecule has 0 saturated carbocycles. The van der Waals surface area contributed by atoms with Crippen LogP contribution in [0.25, 0.3) is 0 Å². The smallest absolute Gasteiger partial charge is 0.230 e. The van der Waals surface area contributed by atoms with E-state index in [1.54, 1.807) is 0 Å². The van der Waals surface area contributed by atoms with Crippen molar-refractivity contribution in [2.24, 2.45) is 0 Å². The minimum Gasteiger partial charge on any atom is -0.392 e. The highest BCUT2D eigenvalue weighted by atomic mass is 79.9. The lowest BCUT2D eigenvalue weighted by atomic mass is 10.1. The fourth-order valence-corrected chi connectivity index (χ4v) is 2.69. The summed E-state index contributed by atoms with van der Waals surface area (Å²) in [4.78, 5) is 12.9. The van der Waals surface area contributed by atoms with Crippen molar-refractivity contribution in [1.29, 1.82) is 0 Å². The van der Waals surface area contributed by atoms with E-state index in [1.165, 1.54) is 11.8 Å². The normalized spacial score (nSPS) is 10.4. The Hall–Kier alpha value is -1.30. The number of rotatable bonds is 6. The van der Waals surface area contributed by atoms with Crippen molar-refractivity contribution in [3.63, 3.8) is 0 Å². The van der Waals surface area contributed by atoms with Gasteiger partial charge < -0.3 is 10.4 Å². The van der Waals surface area contributed by atoms with Crippen molar-refractivity contribution in [1.82, 2.24) is 5.32 Å². The highest BCUT2D eigenvalue weighted by molar-refractivity contribution is 9.10. The quantitative estimate of drug-likeness (QED) is 0.771. The lowest BCUT2D eigenvalue weighted by Gasteiger charge is -2.06. The van der Waals surface area contributed by atoms with Crippen LogP contribution >= 0.6 is 27.7 Å². The number of halogens is 1. The molecule has 5 heteroatoms. The van der Waals surface area contributed by atoms with Crippen molar-refractivity contribution in [2.45, 2.75) is 18.0 Å². The number of amides is 1. The van der Waals surface area contributed by atoms with E-state index in [0.29, 0.717) is 12.3 Å². The average molecular weight is 366 g/mol. The Kier molecular flexibility index (Phi) is 6.29. The van der Waals surface area contributed by atoms with Gasteiger partial charge in [0.05, 0.1) is 12.4 Å². The molecule has 0 heterocycles. The topological polar surface area (TPSA) is 49.3 Å². The summed E-state index contributed by atoms with van der Waals surface area (Å²) < 4.78 is 1.03. The summed E-state index contributed by atoms with van der Waals surface area (Å²) >= 11 is 4.89. The molecular formula is C16H16BrNO2S. The van der Waals surface area contributed by atoms with Gasteiger partial charge >= 0.3 is 0 Å². The Bertz CT molecular complexity index is 584. The van der Waals surface area contributed by atoms with Crippen LogP contribution in [0.2, 0.25) is 0 Å². The van der Waals surface area contributed by atoms with Gasteiger partial charge in [0.1, 0.15) is 0 Å². The number of carbonyl (C=O) groups excluding carboxylic acids is 1. The van der Waals surface area contributed by atoms with Gasteiger partial charge in [-0.05, 0) is 35.4 Å². The number of hydrogen-bond acceptors (Lipinski definition) is 3. The van der Waals surface area contributed by atoms with Gasteiger partial charge in [-0.25, -0.2) is 0 Å². The zero-order valence-corrected chi connectivity index (χ0v) is 13.8. The zero-order chi connectivity index (χ0) is 15.1. The second-order valence-corrected chi connectivity index (χ2v) is 6.46. The minimum absolute atomic E-state index is 0.00848. The van der Waals surface area contributed by atoms with Gasteiger partial charge in [-0.1, -0.05) is 40.2 Å². The van der Waals surface area contributed by atoms with Crippen LogP contribution in [0.1, 0.15) is 11.1 Å². The van der Waals surface area contributed by atoms with Crippen LogP contribution in [-0.4, -0.2) is 16.8 Å². The number of hydrogen-bond donors (Lipinski definition) is 2. The highest BCUT2D eigenvalue weighted by Crippen LogP contribution is 2.20. The maximum Gasteiger partial charge on any atom is 0.230 e. The summed E-state index contributed by atoms with van der Waals surface area (Å²) in [6.45, 7) is 0.544. The lowest BCUT2D eigenvalue weighted by Crippen LogP contribution is -2.24. The van der Waals surface area contributed by atoms with Crippen molar-refractivity contribution in [3.05, 3.63) is 64.1 Å². The number of thioether (sulfide) groups is 1. The van der Waals surface area contributed by atoms with Crippen LogP contribution in [0.15, 0.2) is 57.9 Å². The molecule has 0 saturated heterocycles. The molecule has 0 fully saturated rings. The molecule has 0 aliphatic heterocycles. The molecule has 0 bridgehead atoms. The van der Waals surface area contributed by atoms with E-state index in [9.17, 15) is 4.79 Å². The first-order valence-electron chi connectivity index (χ1n) is 6.51. The Labute approximate surface area is 136 Å². The van der Waals surface area contributed by atoms with E-state index in [2.05, 4.69) is 21.2 Å². The molecule has 110 valence electrons. The molecule has 0 atom stereocenters. The highest BCUT2D eigenvalue weighted by Gasteiger charge is 2.03. The van der Waals surface area contributed by atoms with Gasteiger partial charge in [-0.15, -0.1) is 11.8 Å². The molecule has 1 amide bonds. The van der Waals surface area contributed by atoms with Crippen molar-refractivity contribution in [2.75, 3.05) is 5.75 Å². The average Bonchev–Trinajstić information content (AvgIpc) is 2.53. The Balaban J connectivity index is 1.75. The van der Waals surface area contributed by atoms with Crippen LogP contribution in [0.3, 0.4) is 0 Å². The fraction of sp³-hybridized carbons (Fsp3) is 0.188. The standard InChI is InChI=1S/C16H16BrNO2S/c17-14-5-7-15(8-6-14)21-11-16(20)18-9-12-1-3-13(10-19)4-2-12/h1-8,19H,9-11H2,(H,18,20). The van der Waals surface area contributed by atoms with Crippen molar-refractivity contribution in [3.8, 4) is 0 Å². The van der Waals surface area contributed by atoms with Gasteiger partial charge in [0.25, 0.3) is 0 Å². The zero-order valence-electron chi connectivity index (χ0n) is 11.4. The lowest BCUT2D eigenvalue weighted by molar-refractivity contribution is -0.118. The Morgan fingerprint density at radius 3 is 2.29 bits per heavy atom. The number of nitrogens with one attached hydrogen (secondary N) is 1. The van der Waals surface area contributed by atoms with E-state index < -0.39 is 0 Å². The van der Waals surface area contributed by atoms with Crippen molar-refractivity contribution < 1.29 is 9.90 Å². The third kappa shape index (κ3) is 5.53. The maximum atomic E-state index is 11.8. The van der Waals surface area contributed by atoms with Crippen LogP contribution in [0.4, 0.5) is 0 Å². The fourth-order valence-electron chi connectivity index (χ4n) is 1.69. The van der Waals surface area contributed by atoms with E-state index >= 15 is 0 Å². The molecule has 0 unspecified atom stereocenters. The number of benzene rings is 2. The predicted molar refractivity (Wildman–Crippen MR) is 89.1 cm³/mol. The molecular weight excluding hydrogens is 350 g/mol. The number of aliphatic hydroxyl groups excluding tert-OH is 1. The molecule has 0 aromatic heterocycles. The predicted octanol–water partition coefficient (Wildman–Crippen LogP) is 3.35. The van der Waals surface area contributed by atoms with Gasteiger partial charge in [0, 0.05) is 15.9 Å². The Morgan fingerprint density at radius 2 is 1.67 bits per heavy atom. The number of aliphatic hydroxyl groups is 1. The summed E-state index contributed by atoms with van der Waals surface area (Å²) in [6, 6.07) is 15.4. The summed E-state index contributed by atoms with van der Waals surface area (Å²) in [6.07, 6.45) is 0. The molecule has 0 aliphatic carbocycles. The summed E-state index contributed by atoms with van der Waals surface area (Å²) in [7, 11) is 0. The molecule has 2 N–H and O–H groups in total. The van der Waals surface area contributed by atoms with Crippen LogP contribution in [0, 0.1) is 0 Å². The summed E-state index contributed by atoms with van der Waals surface area (Å²) in [5.74, 6) is 0.408. The third-order valence-electron chi connectivity index (χ3n) is 2.88. The molecule has 2 aromatic carbocycles. The van der Waals surface area contributed by atoms with E-state index in [0.717, 1.165) is 20.5 Å². The minimum atomic E-state index is 0.00848. The maximum absolute atomic E-state index is 11.8. The van der Waals surface area contributed by atoms with Crippen LogP contribution in [-0.2, 0) is 17.9 Å². The van der Waals surface area contributed by atoms with Crippen molar-refractivity contribution >= 4 is 33.6 Å². The van der Waals surface area contributed by atoms with Crippen LogP contribution < -0.4 is 5.32 Å². The summed E-state index contributed by atoms with van der Waals surface area (Å²) in [5, 5.41) is 11.9. The monoisotopic (exact) mass is 365 g/mol. The van der Waals surface area contributed by atoms with E-state index in [4.69, 9.17) is 5.11 Å². The second-order valence-electron chi connectivity index (χ2n) is 4.49. The first-order chi connectivity index (χ1) is 10.2. The molecule has 0 aliphatic rings. The molecule has 21 heavy (non-hydrogen) atoms. The first kappa shape index (κ1) is 16.1. The SMILES string of the molecule is O=C(CSc1ccc(Br)cc1)NCc1ccc(CO)cc1. The van der Waals surface area contributed by atoms with E-state index in [1.807, 2.05) is 48.5 Å². The molecule has 2 aromatic rings. The molecule has 0 radical (unpaired) electrons. The van der Waals surface area contributed by atoms with Gasteiger partial charge in [0.15, 0.2) is 0 Å². The second kappa shape index (κ2) is 8.22. The largest absolute Gasteiger partial charge is 0.392 e. The van der Waals surface area contributed by atoms with Gasteiger partial charge in [-0.3, -0.25) is 4.79 Å². The molecule has 0 spiro atoms.